The summed E-state index contributed by atoms with van der Waals surface area (Å²) in [5.41, 5.74) is 0.0934. The molecule has 2 N–H and O–H groups in total. The second-order valence-corrected chi connectivity index (χ2v) is 9.02. The van der Waals surface area contributed by atoms with Gasteiger partial charge >= 0.3 is 6.18 Å². The molecule has 0 radical (unpaired) electrons. The molecule has 0 aliphatic carbocycles. The molecule has 4 aromatic rings. The van der Waals surface area contributed by atoms with Crippen LogP contribution in [0.3, 0.4) is 0 Å². The van der Waals surface area contributed by atoms with Gasteiger partial charge in [0.25, 0.3) is 11.8 Å². The van der Waals surface area contributed by atoms with Gasteiger partial charge in [0.15, 0.2) is 0 Å². The third kappa shape index (κ3) is 6.14. The summed E-state index contributed by atoms with van der Waals surface area (Å²) in [5.74, 6) is -1.15. The van der Waals surface area contributed by atoms with Gasteiger partial charge in [0.05, 0.1) is 29.0 Å². The molecule has 0 unspecified atom stereocenters. The van der Waals surface area contributed by atoms with Gasteiger partial charge in [0, 0.05) is 17.4 Å². The summed E-state index contributed by atoms with van der Waals surface area (Å²) in [6, 6.07) is 7.84. The number of carbonyl (C=O) groups is 2. The van der Waals surface area contributed by atoms with Crippen molar-refractivity contribution in [3.05, 3.63) is 86.4 Å². The number of thiazole rings is 1. The van der Waals surface area contributed by atoms with E-state index in [1.54, 1.807) is 12.1 Å². The number of hydrogen-bond donors (Lipinski definition) is 2. The number of hydrogen-bond acceptors (Lipinski definition) is 7. The van der Waals surface area contributed by atoms with E-state index >= 15 is 0 Å². The van der Waals surface area contributed by atoms with Crippen LogP contribution in [0, 0.1) is 0 Å². The molecule has 0 fully saturated rings. The zero-order chi connectivity index (χ0) is 25.9. The monoisotopic (exact) mass is 552 g/mol. The summed E-state index contributed by atoms with van der Waals surface area (Å²) < 4.78 is 39.1. The standard InChI is InChI=1S/C22H13Cl2F3N6O2S/c23-14-3-2-12(5-13(14)22(25,26)27)33-21(35)17-8-29-19(36-17)9-30-20(34)16-6-15(31-10-32-16)11-1-4-18(24)28-7-11/h1-8,10H,9H2,(H,30,34)(H,33,35). The van der Waals surface area contributed by atoms with Crippen LogP contribution >= 0.6 is 34.5 Å². The van der Waals surface area contributed by atoms with E-state index in [0.29, 0.717) is 21.4 Å². The van der Waals surface area contributed by atoms with E-state index < -0.39 is 28.6 Å². The van der Waals surface area contributed by atoms with Gasteiger partial charge in [-0.25, -0.2) is 19.9 Å². The summed E-state index contributed by atoms with van der Waals surface area (Å²) in [4.78, 5) is 41.3. The van der Waals surface area contributed by atoms with Crippen molar-refractivity contribution in [3.8, 4) is 11.3 Å². The van der Waals surface area contributed by atoms with Crippen LogP contribution < -0.4 is 10.6 Å². The van der Waals surface area contributed by atoms with Crippen molar-refractivity contribution in [1.82, 2.24) is 25.3 Å². The summed E-state index contributed by atoms with van der Waals surface area (Å²) in [6.07, 6.45) is -0.643. The molecule has 0 spiro atoms. The number of anilines is 1. The fraction of sp³-hybridized carbons (Fsp3) is 0.0909. The van der Waals surface area contributed by atoms with Gasteiger partial charge in [-0.15, -0.1) is 11.3 Å². The number of benzene rings is 1. The summed E-state index contributed by atoms with van der Waals surface area (Å²) in [5, 5.41) is 5.27. The van der Waals surface area contributed by atoms with E-state index in [1.165, 1.54) is 30.9 Å². The zero-order valence-corrected chi connectivity index (χ0v) is 20.1. The largest absolute Gasteiger partial charge is 0.417 e. The van der Waals surface area contributed by atoms with Crippen molar-refractivity contribution >= 4 is 52.0 Å². The Morgan fingerprint density at radius 2 is 1.75 bits per heavy atom. The fourth-order valence-electron chi connectivity index (χ4n) is 2.92. The van der Waals surface area contributed by atoms with Crippen molar-refractivity contribution < 1.29 is 22.8 Å². The number of amides is 2. The molecular formula is C22H13Cl2F3N6O2S. The van der Waals surface area contributed by atoms with Gasteiger partial charge in [-0.05, 0) is 36.4 Å². The average Bonchev–Trinajstić information content (AvgIpc) is 3.33. The minimum absolute atomic E-state index is 0.00220. The van der Waals surface area contributed by atoms with Crippen molar-refractivity contribution in [2.45, 2.75) is 12.7 Å². The Morgan fingerprint density at radius 3 is 2.47 bits per heavy atom. The minimum atomic E-state index is -4.66. The first-order chi connectivity index (χ1) is 17.1. The summed E-state index contributed by atoms with van der Waals surface area (Å²) >= 11 is 12.4. The maximum absolute atomic E-state index is 13.0. The molecule has 0 aliphatic heterocycles. The third-order valence-corrected chi connectivity index (χ3v) is 6.18. The van der Waals surface area contributed by atoms with Gasteiger partial charge in [-0.1, -0.05) is 23.2 Å². The Morgan fingerprint density at radius 1 is 0.944 bits per heavy atom. The molecule has 184 valence electrons. The van der Waals surface area contributed by atoms with E-state index in [4.69, 9.17) is 23.2 Å². The van der Waals surface area contributed by atoms with Gasteiger partial charge < -0.3 is 10.6 Å². The molecule has 0 saturated carbocycles. The Hall–Kier alpha value is -3.61. The number of aromatic nitrogens is 4. The van der Waals surface area contributed by atoms with Gasteiger partial charge in [-0.3, -0.25) is 9.59 Å². The molecule has 2 amide bonds. The molecule has 3 heterocycles. The Kier molecular flexibility index (Phi) is 7.48. The van der Waals surface area contributed by atoms with E-state index in [9.17, 15) is 22.8 Å². The maximum atomic E-state index is 13.0. The Balaban J connectivity index is 1.38. The SMILES string of the molecule is O=C(NCc1ncc(C(=O)Nc2ccc(Cl)c(C(F)(F)F)c2)s1)c1cc(-c2ccc(Cl)nc2)ncn1. The van der Waals surface area contributed by atoms with Gasteiger partial charge in [0.2, 0.25) is 0 Å². The van der Waals surface area contributed by atoms with Crippen LogP contribution in [0.5, 0.6) is 0 Å². The van der Waals surface area contributed by atoms with E-state index in [-0.39, 0.29) is 22.8 Å². The van der Waals surface area contributed by atoms with Crippen LogP contribution in [0.2, 0.25) is 10.2 Å². The number of rotatable bonds is 6. The Labute approximate surface area is 215 Å². The number of pyridine rings is 1. The first-order valence-electron chi connectivity index (χ1n) is 9.95. The molecule has 0 atom stereocenters. The van der Waals surface area contributed by atoms with E-state index in [0.717, 1.165) is 23.5 Å². The molecule has 4 rings (SSSR count). The molecule has 14 heteroatoms. The lowest BCUT2D eigenvalue weighted by atomic mass is 10.2. The highest BCUT2D eigenvalue weighted by Gasteiger charge is 2.33. The van der Waals surface area contributed by atoms with Crippen LogP contribution in [0.4, 0.5) is 18.9 Å². The van der Waals surface area contributed by atoms with Crippen LogP contribution in [0.15, 0.2) is 55.1 Å². The minimum Gasteiger partial charge on any atom is -0.344 e. The van der Waals surface area contributed by atoms with Gasteiger partial charge in [0.1, 0.15) is 27.1 Å². The van der Waals surface area contributed by atoms with Crippen LogP contribution in [0.1, 0.15) is 30.7 Å². The van der Waals surface area contributed by atoms with Crippen LogP contribution in [0.25, 0.3) is 11.3 Å². The highest BCUT2D eigenvalue weighted by molar-refractivity contribution is 7.13. The quantitative estimate of drug-likeness (QED) is 0.305. The van der Waals surface area contributed by atoms with E-state index in [2.05, 4.69) is 30.6 Å². The summed E-state index contributed by atoms with van der Waals surface area (Å²) in [6.45, 7) is -0.00220. The summed E-state index contributed by atoms with van der Waals surface area (Å²) in [7, 11) is 0. The second kappa shape index (κ2) is 10.6. The van der Waals surface area contributed by atoms with Crippen molar-refractivity contribution in [2.24, 2.45) is 0 Å². The number of carbonyl (C=O) groups excluding carboxylic acids is 2. The predicted molar refractivity (Wildman–Crippen MR) is 128 cm³/mol. The number of alkyl halides is 3. The van der Waals surface area contributed by atoms with Crippen LogP contribution in [-0.2, 0) is 12.7 Å². The topological polar surface area (TPSA) is 110 Å². The fourth-order valence-corrected chi connectivity index (χ4v) is 4.01. The zero-order valence-electron chi connectivity index (χ0n) is 17.8. The molecule has 36 heavy (non-hydrogen) atoms. The molecular weight excluding hydrogens is 540 g/mol. The highest BCUT2D eigenvalue weighted by atomic mass is 35.5. The second-order valence-electron chi connectivity index (χ2n) is 7.11. The van der Waals surface area contributed by atoms with Gasteiger partial charge in [-0.2, -0.15) is 13.2 Å². The first-order valence-corrected chi connectivity index (χ1v) is 11.5. The van der Waals surface area contributed by atoms with Crippen molar-refractivity contribution in [3.63, 3.8) is 0 Å². The third-order valence-electron chi connectivity index (χ3n) is 4.63. The average molecular weight is 553 g/mol. The smallest absolute Gasteiger partial charge is 0.344 e. The predicted octanol–water partition coefficient (Wildman–Crippen LogP) is 5.50. The maximum Gasteiger partial charge on any atom is 0.417 e. The lowest BCUT2D eigenvalue weighted by Gasteiger charge is -2.11. The molecule has 0 saturated heterocycles. The Bertz CT molecular complexity index is 1430. The number of nitrogens with zero attached hydrogens (tertiary/aromatic N) is 4. The molecule has 3 aromatic heterocycles. The lowest BCUT2D eigenvalue weighted by Crippen LogP contribution is -2.23. The molecule has 0 aliphatic rings. The molecule has 1 aromatic carbocycles. The van der Waals surface area contributed by atoms with E-state index in [1.807, 2.05) is 0 Å². The lowest BCUT2D eigenvalue weighted by molar-refractivity contribution is -0.137. The van der Waals surface area contributed by atoms with Crippen molar-refractivity contribution in [2.75, 3.05) is 5.32 Å². The molecule has 8 nitrogen and oxygen atoms in total. The normalized spacial score (nSPS) is 11.2. The first kappa shape index (κ1) is 25.5. The van der Waals surface area contributed by atoms with Crippen LogP contribution in [-0.4, -0.2) is 31.8 Å². The number of halogens is 5. The molecule has 0 bridgehead atoms. The van der Waals surface area contributed by atoms with Crippen molar-refractivity contribution in [1.29, 1.82) is 0 Å². The highest BCUT2D eigenvalue weighted by Crippen LogP contribution is 2.36. The number of nitrogens with one attached hydrogen (secondary N) is 2.